The molecule has 2 nitrogen and oxygen atoms in total. The Balaban J connectivity index is 1.08. The normalized spacial score (nSPS) is 13.8. The second-order valence-electron chi connectivity index (χ2n) is 19.6. The summed E-state index contributed by atoms with van der Waals surface area (Å²) < 4.78 is 2.49. The number of benzene rings is 9. The van der Waals surface area contributed by atoms with Crippen molar-refractivity contribution in [2.75, 3.05) is 4.90 Å². The van der Waals surface area contributed by atoms with E-state index in [4.69, 9.17) is 0 Å². The second kappa shape index (κ2) is 17.2. The average molecular weight is 869 g/mol. The van der Waals surface area contributed by atoms with Crippen molar-refractivity contribution in [1.82, 2.24) is 4.57 Å². The Morgan fingerprint density at radius 1 is 0.448 bits per heavy atom. The van der Waals surface area contributed by atoms with Gasteiger partial charge in [-0.05, 0) is 152 Å². The molecule has 1 aliphatic rings. The maximum Gasteiger partial charge on any atom is 0.0543 e. The minimum atomic E-state index is -0.274. The van der Waals surface area contributed by atoms with Gasteiger partial charge in [-0.25, -0.2) is 0 Å². The van der Waals surface area contributed by atoms with Crippen molar-refractivity contribution in [2.24, 2.45) is 0 Å². The summed E-state index contributed by atoms with van der Waals surface area (Å²) in [7, 11) is 0. The number of rotatable bonds is 12. The summed E-state index contributed by atoms with van der Waals surface area (Å²) in [4.78, 5) is 2.52. The lowest BCUT2D eigenvalue weighted by atomic mass is 9.81. The van der Waals surface area contributed by atoms with Gasteiger partial charge in [0.05, 0.1) is 16.7 Å². The van der Waals surface area contributed by atoms with Gasteiger partial charge in [0.2, 0.25) is 0 Å². The highest BCUT2D eigenvalue weighted by Crippen LogP contribution is 2.55. The van der Waals surface area contributed by atoms with Gasteiger partial charge in [0.15, 0.2) is 0 Å². The Labute approximate surface area is 397 Å². The zero-order valence-electron chi connectivity index (χ0n) is 39.9. The van der Waals surface area contributed by atoms with Gasteiger partial charge in [-0.3, -0.25) is 0 Å². The smallest absolute Gasteiger partial charge is 0.0543 e. The fourth-order valence-electron chi connectivity index (χ4n) is 11.3. The predicted molar refractivity (Wildman–Crippen MR) is 288 cm³/mol. The summed E-state index contributed by atoms with van der Waals surface area (Å²) in [5, 5.41) is 5.06. The maximum absolute atomic E-state index is 2.52. The van der Waals surface area contributed by atoms with E-state index in [9.17, 15) is 0 Å². The first-order valence-corrected chi connectivity index (χ1v) is 24.6. The minimum Gasteiger partial charge on any atom is -0.310 e. The summed E-state index contributed by atoms with van der Waals surface area (Å²) in [5.74, 6) is 1.05. The van der Waals surface area contributed by atoms with Gasteiger partial charge in [-0.15, -0.1) is 0 Å². The molecule has 0 aliphatic heterocycles. The van der Waals surface area contributed by atoms with Crippen LogP contribution in [0.3, 0.4) is 0 Å². The third-order valence-electron chi connectivity index (χ3n) is 15.0. The van der Waals surface area contributed by atoms with Crippen LogP contribution in [0, 0.1) is 0 Å². The maximum atomic E-state index is 2.52. The zero-order chi connectivity index (χ0) is 45.8. The molecule has 67 heavy (non-hydrogen) atoms. The highest BCUT2D eigenvalue weighted by molar-refractivity contribution is 6.13. The SMILES string of the molecule is CCCC(C)c1ccc(N(c2ccc(C(C)CCC)cc2)c2cc3c(c4ccccc24)-c2ccc(-n4c5ccc(-c6ccccc6)cc5c5cc(-c6ccccc6)ccc54)cc2C3(C)C)cc1. The van der Waals surface area contributed by atoms with Crippen LogP contribution in [0.15, 0.2) is 194 Å². The van der Waals surface area contributed by atoms with Crippen molar-refractivity contribution in [3.8, 4) is 39.1 Å². The van der Waals surface area contributed by atoms with E-state index in [-0.39, 0.29) is 5.41 Å². The lowest BCUT2D eigenvalue weighted by Crippen LogP contribution is -2.17. The molecular formula is C65H60N2. The number of anilines is 3. The van der Waals surface area contributed by atoms with Gasteiger partial charge >= 0.3 is 0 Å². The number of hydrogen-bond donors (Lipinski definition) is 0. The van der Waals surface area contributed by atoms with Crippen LogP contribution in [0.5, 0.6) is 0 Å². The molecule has 0 saturated heterocycles. The lowest BCUT2D eigenvalue weighted by Gasteiger charge is -2.30. The van der Waals surface area contributed by atoms with E-state index in [1.807, 2.05) is 0 Å². The molecule has 0 spiro atoms. The Kier molecular flexibility index (Phi) is 10.9. The largest absolute Gasteiger partial charge is 0.310 e. The molecule has 1 aliphatic carbocycles. The molecule has 330 valence electrons. The van der Waals surface area contributed by atoms with Crippen molar-refractivity contribution in [3.05, 3.63) is 216 Å². The van der Waals surface area contributed by atoms with E-state index >= 15 is 0 Å². The molecule has 2 heteroatoms. The zero-order valence-corrected chi connectivity index (χ0v) is 39.9. The van der Waals surface area contributed by atoms with Gasteiger partial charge < -0.3 is 9.47 Å². The predicted octanol–water partition coefficient (Wildman–Crippen LogP) is 18.9. The molecule has 0 amide bonds. The summed E-state index contributed by atoms with van der Waals surface area (Å²) in [6.07, 6.45) is 4.74. The molecule has 0 fully saturated rings. The minimum absolute atomic E-state index is 0.274. The summed E-state index contributed by atoms with van der Waals surface area (Å²) in [6.45, 7) is 14.1. The molecule has 1 aromatic heterocycles. The van der Waals surface area contributed by atoms with Gasteiger partial charge in [-0.2, -0.15) is 0 Å². The topological polar surface area (TPSA) is 8.17 Å². The highest BCUT2D eigenvalue weighted by atomic mass is 15.1. The van der Waals surface area contributed by atoms with E-state index in [1.165, 1.54) is 137 Å². The van der Waals surface area contributed by atoms with Crippen LogP contribution in [0.4, 0.5) is 17.1 Å². The lowest BCUT2D eigenvalue weighted by molar-refractivity contribution is 0.660. The molecule has 2 atom stereocenters. The molecule has 0 radical (unpaired) electrons. The van der Waals surface area contributed by atoms with Crippen LogP contribution in [-0.2, 0) is 5.41 Å². The summed E-state index contributed by atoms with van der Waals surface area (Å²) >= 11 is 0. The Morgan fingerprint density at radius 2 is 0.940 bits per heavy atom. The van der Waals surface area contributed by atoms with Gasteiger partial charge in [0, 0.05) is 38.6 Å². The van der Waals surface area contributed by atoms with Crippen LogP contribution in [0.1, 0.15) is 101 Å². The summed E-state index contributed by atoms with van der Waals surface area (Å²) in [6, 6.07) is 73.2. The fraction of sp³-hybridized carbons (Fsp3) is 0.200. The third-order valence-corrected chi connectivity index (χ3v) is 15.0. The van der Waals surface area contributed by atoms with Crippen LogP contribution < -0.4 is 4.90 Å². The van der Waals surface area contributed by atoms with Crippen molar-refractivity contribution >= 4 is 49.6 Å². The van der Waals surface area contributed by atoms with Gasteiger partial charge in [0.25, 0.3) is 0 Å². The van der Waals surface area contributed by atoms with E-state index in [1.54, 1.807) is 0 Å². The molecule has 1 heterocycles. The van der Waals surface area contributed by atoms with Crippen molar-refractivity contribution < 1.29 is 0 Å². The van der Waals surface area contributed by atoms with Crippen LogP contribution >= 0.6 is 0 Å². The number of fused-ring (bicyclic) bond motifs is 8. The quantitative estimate of drug-likeness (QED) is 0.119. The number of hydrogen-bond acceptors (Lipinski definition) is 1. The molecule has 0 bridgehead atoms. The van der Waals surface area contributed by atoms with E-state index in [0.29, 0.717) is 11.8 Å². The molecular weight excluding hydrogens is 809 g/mol. The van der Waals surface area contributed by atoms with Crippen LogP contribution in [0.25, 0.3) is 71.6 Å². The van der Waals surface area contributed by atoms with Crippen molar-refractivity contribution in [2.45, 2.75) is 84.5 Å². The first-order valence-electron chi connectivity index (χ1n) is 24.6. The molecule has 2 unspecified atom stereocenters. The van der Waals surface area contributed by atoms with Crippen molar-refractivity contribution in [3.63, 3.8) is 0 Å². The second-order valence-corrected chi connectivity index (χ2v) is 19.6. The number of aromatic nitrogens is 1. The van der Waals surface area contributed by atoms with Gasteiger partial charge in [0.1, 0.15) is 0 Å². The Hall–Kier alpha value is -7.16. The molecule has 11 rings (SSSR count). The Bertz CT molecular complexity index is 3260. The monoisotopic (exact) mass is 868 g/mol. The summed E-state index contributed by atoms with van der Waals surface area (Å²) in [5.41, 5.74) is 20.0. The highest BCUT2D eigenvalue weighted by Gasteiger charge is 2.38. The molecule has 0 N–H and O–H groups in total. The fourth-order valence-corrected chi connectivity index (χ4v) is 11.3. The Morgan fingerprint density at radius 3 is 1.45 bits per heavy atom. The van der Waals surface area contributed by atoms with Crippen LogP contribution in [0.2, 0.25) is 0 Å². The average Bonchev–Trinajstić information content (AvgIpc) is 3.81. The van der Waals surface area contributed by atoms with Crippen LogP contribution in [-0.4, -0.2) is 4.57 Å². The first kappa shape index (κ1) is 42.5. The first-order chi connectivity index (χ1) is 32.7. The molecule has 10 aromatic rings. The van der Waals surface area contributed by atoms with E-state index in [2.05, 4.69) is 245 Å². The van der Waals surface area contributed by atoms with E-state index in [0.717, 1.165) is 0 Å². The van der Waals surface area contributed by atoms with E-state index < -0.39 is 0 Å². The number of nitrogens with zero attached hydrogens (tertiary/aromatic N) is 2. The standard InChI is InChI=1S/C65H60N2/c1-7-17-43(3)45-25-31-51(32-26-45)66(52-33-27-46(28-34-52)44(4)18-8-2)63-42-60-64(55-24-16-15-23-54(55)63)56-36-35-53(41-59(56)65(60,5)6)67-61-37-29-49(47-19-11-9-12-20-47)39-57(61)58-40-50(30-38-62(58)67)48-21-13-10-14-22-48/h9-16,19-44H,7-8,17-18H2,1-6H3. The third kappa shape index (κ3) is 7.35. The van der Waals surface area contributed by atoms with Crippen molar-refractivity contribution in [1.29, 1.82) is 0 Å². The molecule has 0 saturated carbocycles. The molecule has 9 aromatic carbocycles. The van der Waals surface area contributed by atoms with Gasteiger partial charge in [-0.1, -0.05) is 182 Å².